The molecule has 2 N–H and O–H groups in total. The smallest absolute Gasteiger partial charge is 0.339 e. The van der Waals surface area contributed by atoms with Crippen LogP contribution in [0.25, 0.3) is 0 Å². The SMILES string of the molecule is O=C(NC1CC1)c1ccc(NC(=O)[C@@H]2Cc3ccccc3C(=O)O2)cc1. The third kappa shape index (κ3) is 3.44. The Labute approximate surface area is 150 Å². The molecule has 1 heterocycles. The molecule has 0 spiro atoms. The summed E-state index contributed by atoms with van der Waals surface area (Å²) in [6.07, 6.45) is 1.54. The van der Waals surface area contributed by atoms with Crippen molar-refractivity contribution in [2.45, 2.75) is 31.4 Å². The van der Waals surface area contributed by atoms with Gasteiger partial charge in [0.1, 0.15) is 0 Å². The summed E-state index contributed by atoms with van der Waals surface area (Å²) in [6, 6.07) is 14.1. The molecule has 2 aliphatic rings. The van der Waals surface area contributed by atoms with Crippen LogP contribution in [0.15, 0.2) is 48.5 Å². The lowest BCUT2D eigenvalue weighted by Crippen LogP contribution is -2.37. The molecule has 0 saturated heterocycles. The maximum atomic E-state index is 12.4. The summed E-state index contributed by atoms with van der Waals surface area (Å²) in [7, 11) is 0. The Kier molecular flexibility index (Phi) is 4.16. The fourth-order valence-electron chi connectivity index (χ4n) is 2.90. The van der Waals surface area contributed by atoms with E-state index in [4.69, 9.17) is 4.74 Å². The van der Waals surface area contributed by atoms with Gasteiger partial charge in [-0.2, -0.15) is 0 Å². The molecule has 6 nitrogen and oxygen atoms in total. The number of esters is 1. The lowest BCUT2D eigenvalue weighted by Gasteiger charge is -2.23. The van der Waals surface area contributed by atoms with Crippen LogP contribution in [0.1, 0.15) is 39.1 Å². The van der Waals surface area contributed by atoms with Gasteiger partial charge < -0.3 is 15.4 Å². The molecule has 2 amide bonds. The first-order valence-electron chi connectivity index (χ1n) is 8.61. The summed E-state index contributed by atoms with van der Waals surface area (Å²) in [5.41, 5.74) is 2.40. The maximum absolute atomic E-state index is 12.4. The predicted octanol–water partition coefficient (Wildman–Crippen LogP) is 2.30. The van der Waals surface area contributed by atoms with Crippen LogP contribution in [0.3, 0.4) is 0 Å². The van der Waals surface area contributed by atoms with Gasteiger partial charge in [-0.05, 0) is 48.7 Å². The summed E-state index contributed by atoms with van der Waals surface area (Å²) in [6.45, 7) is 0. The minimum atomic E-state index is -0.866. The number of nitrogens with one attached hydrogen (secondary N) is 2. The van der Waals surface area contributed by atoms with Crippen LogP contribution in [0.4, 0.5) is 5.69 Å². The number of rotatable bonds is 4. The highest BCUT2D eigenvalue weighted by Gasteiger charge is 2.31. The number of anilines is 1. The van der Waals surface area contributed by atoms with E-state index in [9.17, 15) is 14.4 Å². The molecular weight excluding hydrogens is 332 g/mol. The van der Waals surface area contributed by atoms with Crippen LogP contribution in [-0.2, 0) is 16.0 Å². The third-order valence-corrected chi connectivity index (χ3v) is 4.51. The first-order chi connectivity index (χ1) is 12.6. The first kappa shape index (κ1) is 16.3. The second-order valence-corrected chi connectivity index (χ2v) is 6.57. The van der Waals surface area contributed by atoms with Crippen molar-refractivity contribution in [3.8, 4) is 0 Å². The molecule has 1 saturated carbocycles. The number of fused-ring (bicyclic) bond motifs is 1. The molecule has 0 radical (unpaired) electrons. The van der Waals surface area contributed by atoms with E-state index >= 15 is 0 Å². The maximum Gasteiger partial charge on any atom is 0.339 e. The first-order valence-corrected chi connectivity index (χ1v) is 8.61. The summed E-state index contributed by atoms with van der Waals surface area (Å²) in [5.74, 6) is -0.981. The van der Waals surface area contributed by atoms with Gasteiger partial charge >= 0.3 is 5.97 Å². The third-order valence-electron chi connectivity index (χ3n) is 4.51. The van der Waals surface area contributed by atoms with Gasteiger partial charge in [0.15, 0.2) is 6.10 Å². The zero-order valence-corrected chi connectivity index (χ0v) is 14.0. The van der Waals surface area contributed by atoms with Crippen LogP contribution < -0.4 is 10.6 Å². The molecule has 6 heteroatoms. The van der Waals surface area contributed by atoms with E-state index in [2.05, 4.69) is 10.6 Å². The quantitative estimate of drug-likeness (QED) is 0.829. The predicted molar refractivity (Wildman–Crippen MR) is 94.9 cm³/mol. The van der Waals surface area contributed by atoms with Gasteiger partial charge in [0.25, 0.3) is 11.8 Å². The fraction of sp³-hybridized carbons (Fsp3) is 0.250. The summed E-state index contributed by atoms with van der Waals surface area (Å²) in [5, 5.41) is 5.65. The van der Waals surface area contributed by atoms with Gasteiger partial charge in [-0.3, -0.25) is 9.59 Å². The van der Waals surface area contributed by atoms with Gasteiger partial charge in [0.05, 0.1) is 5.56 Å². The van der Waals surface area contributed by atoms with Crippen molar-refractivity contribution in [1.82, 2.24) is 5.32 Å². The fourth-order valence-corrected chi connectivity index (χ4v) is 2.90. The average Bonchev–Trinajstić information content (AvgIpc) is 3.46. The Hall–Kier alpha value is -3.15. The van der Waals surface area contributed by atoms with Gasteiger partial charge in [-0.25, -0.2) is 4.79 Å². The molecule has 1 atom stereocenters. The highest BCUT2D eigenvalue weighted by atomic mass is 16.5. The molecule has 2 aromatic carbocycles. The Bertz CT molecular complexity index is 872. The van der Waals surface area contributed by atoms with Crippen LogP contribution >= 0.6 is 0 Å². The van der Waals surface area contributed by atoms with Crippen molar-refractivity contribution in [2.75, 3.05) is 5.32 Å². The lowest BCUT2D eigenvalue weighted by molar-refractivity contribution is -0.125. The van der Waals surface area contributed by atoms with E-state index in [-0.39, 0.29) is 11.8 Å². The minimum absolute atomic E-state index is 0.108. The van der Waals surface area contributed by atoms with Crippen molar-refractivity contribution in [3.05, 3.63) is 65.2 Å². The van der Waals surface area contributed by atoms with Crippen LogP contribution in [0.5, 0.6) is 0 Å². The monoisotopic (exact) mass is 350 g/mol. The number of cyclic esters (lactones) is 1. The highest BCUT2D eigenvalue weighted by Crippen LogP contribution is 2.22. The second-order valence-electron chi connectivity index (χ2n) is 6.57. The molecule has 4 rings (SSSR count). The zero-order valence-electron chi connectivity index (χ0n) is 14.0. The molecule has 1 aliphatic heterocycles. The molecule has 1 fully saturated rings. The number of benzene rings is 2. The number of carbonyl (C=O) groups is 3. The van der Waals surface area contributed by atoms with Crippen LogP contribution in [0.2, 0.25) is 0 Å². The van der Waals surface area contributed by atoms with Crippen LogP contribution in [0, 0.1) is 0 Å². The molecular formula is C20H18N2O4. The molecule has 1 aliphatic carbocycles. The topological polar surface area (TPSA) is 84.5 Å². The van der Waals surface area contributed by atoms with Crippen molar-refractivity contribution < 1.29 is 19.1 Å². The van der Waals surface area contributed by atoms with E-state index in [1.54, 1.807) is 36.4 Å². The van der Waals surface area contributed by atoms with Gasteiger partial charge in [-0.1, -0.05) is 18.2 Å². The van der Waals surface area contributed by atoms with E-state index in [1.165, 1.54) is 0 Å². The Morgan fingerprint density at radius 3 is 2.46 bits per heavy atom. The van der Waals surface area contributed by atoms with Crippen molar-refractivity contribution in [1.29, 1.82) is 0 Å². The highest BCUT2D eigenvalue weighted by molar-refractivity contribution is 6.00. The number of amides is 2. The number of hydrogen-bond donors (Lipinski definition) is 2. The van der Waals surface area contributed by atoms with Crippen LogP contribution in [-0.4, -0.2) is 29.9 Å². The molecule has 2 aromatic rings. The molecule has 0 aromatic heterocycles. The number of hydrogen-bond acceptors (Lipinski definition) is 4. The van der Waals surface area contributed by atoms with E-state index in [0.717, 1.165) is 18.4 Å². The molecule has 26 heavy (non-hydrogen) atoms. The average molecular weight is 350 g/mol. The Morgan fingerprint density at radius 1 is 1.00 bits per heavy atom. The minimum Gasteiger partial charge on any atom is -0.448 e. The molecule has 0 unspecified atom stereocenters. The summed E-state index contributed by atoms with van der Waals surface area (Å²) in [4.78, 5) is 36.4. The number of carbonyl (C=O) groups excluding carboxylic acids is 3. The number of ether oxygens (including phenoxy) is 1. The Balaban J connectivity index is 1.40. The normalized spacial score (nSPS) is 18.5. The van der Waals surface area contributed by atoms with E-state index in [0.29, 0.717) is 29.3 Å². The van der Waals surface area contributed by atoms with E-state index < -0.39 is 12.1 Å². The summed E-state index contributed by atoms with van der Waals surface area (Å²) >= 11 is 0. The van der Waals surface area contributed by atoms with Crippen molar-refractivity contribution in [2.24, 2.45) is 0 Å². The van der Waals surface area contributed by atoms with Crippen molar-refractivity contribution >= 4 is 23.5 Å². The van der Waals surface area contributed by atoms with Gasteiger partial charge in [0, 0.05) is 23.7 Å². The summed E-state index contributed by atoms with van der Waals surface area (Å²) < 4.78 is 5.24. The largest absolute Gasteiger partial charge is 0.448 e. The zero-order chi connectivity index (χ0) is 18.1. The lowest BCUT2D eigenvalue weighted by atomic mass is 9.98. The molecule has 132 valence electrons. The van der Waals surface area contributed by atoms with Gasteiger partial charge in [-0.15, -0.1) is 0 Å². The molecule has 0 bridgehead atoms. The second kappa shape index (κ2) is 6.63. The standard InChI is InChI=1S/C20H18N2O4/c23-18(21-15-9-10-15)12-5-7-14(8-6-12)22-19(24)17-11-13-3-1-2-4-16(13)20(25)26-17/h1-8,15,17H,9-11H2,(H,21,23)(H,22,24)/t17-/m0/s1. The van der Waals surface area contributed by atoms with E-state index in [1.807, 2.05) is 12.1 Å². The Morgan fingerprint density at radius 2 is 1.73 bits per heavy atom. The van der Waals surface area contributed by atoms with Crippen molar-refractivity contribution in [3.63, 3.8) is 0 Å². The van der Waals surface area contributed by atoms with Gasteiger partial charge in [0.2, 0.25) is 0 Å².